The molecule has 1 aromatic rings. The van der Waals surface area contributed by atoms with Crippen molar-refractivity contribution >= 4 is 5.78 Å². The van der Waals surface area contributed by atoms with Gasteiger partial charge in [0, 0.05) is 11.5 Å². The van der Waals surface area contributed by atoms with Crippen molar-refractivity contribution in [2.75, 3.05) is 0 Å². The van der Waals surface area contributed by atoms with Crippen molar-refractivity contribution in [3.63, 3.8) is 0 Å². The molecule has 1 N–H and O–H groups in total. The number of aliphatic hydroxyl groups is 1. The van der Waals surface area contributed by atoms with Crippen LogP contribution in [0.2, 0.25) is 0 Å². The van der Waals surface area contributed by atoms with Crippen molar-refractivity contribution in [2.45, 2.75) is 38.7 Å². The number of carbonyl (C=O) groups is 1. The van der Waals surface area contributed by atoms with Gasteiger partial charge in [0.2, 0.25) is 0 Å². The molecular weight excluding hydrogens is 219 g/mol. The van der Waals surface area contributed by atoms with Crippen LogP contribution < -0.4 is 0 Å². The Balaban J connectivity index is 2.11. The Bertz CT molecular complexity index is 420. The molecule has 1 aromatic carbocycles. The lowest BCUT2D eigenvalue weighted by Gasteiger charge is -2.24. The second-order valence-electron chi connectivity index (χ2n) is 4.83. The third kappa shape index (κ3) is 2.72. The number of Topliss-reactive ketones (excluding diaryl/α,β-unsaturated/α-hetero) is 1. The maximum atomic E-state index is 13.1. The highest BCUT2D eigenvalue weighted by Crippen LogP contribution is 2.27. The van der Waals surface area contributed by atoms with Gasteiger partial charge in [-0.1, -0.05) is 0 Å². The van der Waals surface area contributed by atoms with Crippen LogP contribution in [0.5, 0.6) is 0 Å². The Morgan fingerprint density at radius 3 is 2.53 bits per heavy atom. The number of aliphatic hydroxyl groups excluding tert-OH is 1. The van der Waals surface area contributed by atoms with Crippen LogP contribution in [0.1, 0.15) is 41.6 Å². The molecule has 2 rings (SSSR count). The van der Waals surface area contributed by atoms with Gasteiger partial charge in [-0.05, 0) is 56.4 Å². The normalized spacial score (nSPS) is 24.6. The molecule has 17 heavy (non-hydrogen) atoms. The van der Waals surface area contributed by atoms with Gasteiger partial charge in [0.05, 0.1) is 6.10 Å². The van der Waals surface area contributed by atoms with Crippen molar-refractivity contribution in [1.82, 2.24) is 0 Å². The molecule has 1 aliphatic rings. The fraction of sp³-hybridized carbons (Fsp3) is 0.500. The summed E-state index contributed by atoms with van der Waals surface area (Å²) in [6, 6.07) is 4.51. The van der Waals surface area contributed by atoms with Crippen LogP contribution in [0.15, 0.2) is 18.2 Å². The molecule has 0 saturated heterocycles. The van der Waals surface area contributed by atoms with Crippen molar-refractivity contribution in [2.24, 2.45) is 5.92 Å². The van der Waals surface area contributed by atoms with Gasteiger partial charge in [-0.2, -0.15) is 0 Å². The topological polar surface area (TPSA) is 37.3 Å². The predicted octanol–water partition coefficient (Wildman–Crippen LogP) is 2.87. The number of hydrogen-bond acceptors (Lipinski definition) is 2. The van der Waals surface area contributed by atoms with Crippen LogP contribution in [0.25, 0.3) is 0 Å². The van der Waals surface area contributed by atoms with Gasteiger partial charge in [-0.25, -0.2) is 4.39 Å². The average Bonchev–Trinajstić information content (AvgIpc) is 2.33. The molecule has 0 spiro atoms. The van der Waals surface area contributed by atoms with Gasteiger partial charge >= 0.3 is 0 Å². The minimum absolute atomic E-state index is 0.0109. The predicted molar refractivity (Wildman–Crippen MR) is 63.4 cm³/mol. The van der Waals surface area contributed by atoms with Crippen LogP contribution in [0.4, 0.5) is 4.39 Å². The van der Waals surface area contributed by atoms with E-state index >= 15 is 0 Å². The van der Waals surface area contributed by atoms with Crippen LogP contribution in [-0.2, 0) is 0 Å². The van der Waals surface area contributed by atoms with E-state index in [0.717, 1.165) is 12.8 Å². The molecule has 0 heterocycles. The summed E-state index contributed by atoms with van der Waals surface area (Å²) in [7, 11) is 0. The summed E-state index contributed by atoms with van der Waals surface area (Å²) in [5, 5.41) is 9.40. The number of hydrogen-bond donors (Lipinski definition) is 1. The third-order valence-electron chi connectivity index (χ3n) is 3.51. The van der Waals surface area contributed by atoms with Crippen molar-refractivity contribution < 1.29 is 14.3 Å². The van der Waals surface area contributed by atoms with Gasteiger partial charge in [-0.15, -0.1) is 0 Å². The molecule has 0 aliphatic heterocycles. The minimum atomic E-state index is -0.277. The SMILES string of the molecule is Cc1cc(C(=O)C2CCC(O)CC2)ccc1F. The van der Waals surface area contributed by atoms with Crippen LogP contribution >= 0.6 is 0 Å². The second kappa shape index (κ2) is 4.96. The summed E-state index contributed by atoms with van der Waals surface area (Å²) >= 11 is 0. The Hall–Kier alpha value is -1.22. The number of carbonyl (C=O) groups excluding carboxylic acids is 1. The lowest BCUT2D eigenvalue weighted by molar-refractivity contribution is 0.0764. The molecule has 92 valence electrons. The van der Waals surface area contributed by atoms with E-state index in [-0.39, 0.29) is 23.6 Å². The first-order chi connectivity index (χ1) is 8.08. The Morgan fingerprint density at radius 1 is 1.29 bits per heavy atom. The Labute approximate surface area is 100 Å². The molecular formula is C14H17FO2. The van der Waals surface area contributed by atoms with E-state index < -0.39 is 0 Å². The molecule has 0 bridgehead atoms. The average molecular weight is 236 g/mol. The quantitative estimate of drug-likeness (QED) is 0.802. The molecule has 1 fully saturated rings. The van der Waals surface area contributed by atoms with E-state index in [1.165, 1.54) is 6.07 Å². The summed E-state index contributed by atoms with van der Waals surface area (Å²) in [6.07, 6.45) is 2.59. The second-order valence-corrected chi connectivity index (χ2v) is 4.83. The highest BCUT2D eigenvalue weighted by molar-refractivity contribution is 5.98. The molecule has 0 radical (unpaired) electrons. The van der Waals surface area contributed by atoms with Gasteiger partial charge in [0.1, 0.15) is 5.82 Å². The summed E-state index contributed by atoms with van der Waals surface area (Å²) in [4.78, 5) is 12.2. The Kier molecular flexibility index (Phi) is 3.57. The van der Waals surface area contributed by atoms with Crippen molar-refractivity contribution in [1.29, 1.82) is 0 Å². The lowest BCUT2D eigenvalue weighted by atomic mass is 9.82. The molecule has 1 aliphatic carbocycles. The highest BCUT2D eigenvalue weighted by atomic mass is 19.1. The van der Waals surface area contributed by atoms with E-state index in [9.17, 15) is 14.3 Å². The van der Waals surface area contributed by atoms with E-state index in [4.69, 9.17) is 0 Å². The molecule has 2 nitrogen and oxygen atoms in total. The molecule has 0 amide bonds. The fourth-order valence-electron chi connectivity index (χ4n) is 2.37. The standard InChI is InChI=1S/C14H17FO2/c1-9-8-11(4-7-13(9)15)14(17)10-2-5-12(16)6-3-10/h4,7-8,10,12,16H,2-3,5-6H2,1H3. The molecule has 0 atom stereocenters. The van der Waals surface area contributed by atoms with E-state index in [1.54, 1.807) is 19.1 Å². The fourth-order valence-corrected chi connectivity index (χ4v) is 2.37. The first-order valence-electron chi connectivity index (χ1n) is 6.06. The number of halogens is 1. The van der Waals surface area contributed by atoms with Gasteiger partial charge in [-0.3, -0.25) is 4.79 Å². The molecule has 0 aromatic heterocycles. The van der Waals surface area contributed by atoms with Crippen LogP contribution in [0.3, 0.4) is 0 Å². The first kappa shape index (κ1) is 12.2. The summed E-state index contributed by atoms with van der Waals surface area (Å²) in [6.45, 7) is 1.66. The maximum Gasteiger partial charge on any atom is 0.165 e. The molecule has 3 heteroatoms. The zero-order valence-electron chi connectivity index (χ0n) is 9.95. The number of rotatable bonds is 2. The van der Waals surface area contributed by atoms with Crippen molar-refractivity contribution in [3.05, 3.63) is 35.1 Å². The van der Waals surface area contributed by atoms with E-state index in [2.05, 4.69) is 0 Å². The maximum absolute atomic E-state index is 13.1. The van der Waals surface area contributed by atoms with Gasteiger partial charge in [0.25, 0.3) is 0 Å². The first-order valence-corrected chi connectivity index (χ1v) is 6.06. The monoisotopic (exact) mass is 236 g/mol. The largest absolute Gasteiger partial charge is 0.393 e. The van der Waals surface area contributed by atoms with E-state index in [1.807, 2.05) is 0 Å². The van der Waals surface area contributed by atoms with Crippen LogP contribution in [0, 0.1) is 18.7 Å². The summed E-state index contributed by atoms with van der Waals surface area (Å²) in [5.41, 5.74) is 1.09. The van der Waals surface area contributed by atoms with Crippen molar-refractivity contribution in [3.8, 4) is 0 Å². The van der Waals surface area contributed by atoms with Gasteiger partial charge < -0.3 is 5.11 Å². The minimum Gasteiger partial charge on any atom is -0.393 e. The Morgan fingerprint density at radius 2 is 1.94 bits per heavy atom. The molecule has 0 unspecified atom stereocenters. The molecule has 1 saturated carbocycles. The van der Waals surface area contributed by atoms with Crippen LogP contribution in [-0.4, -0.2) is 17.0 Å². The number of ketones is 1. The third-order valence-corrected chi connectivity index (χ3v) is 3.51. The number of benzene rings is 1. The zero-order valence-corrected chi connectivity index (χ0v) is 9.95. The summed E-state index contributed by atoms with van der Waals surface area (Å²) in [5.74, 6) is -0.205. The van der Waals surface area contributed by atoms with Gasteiger partial charge in [0.15, 0.2) is 5.78 Å². The highest BCUT2D eigenvalue weighted by Gasteiger charge is 2.26. The van der Waals surface area contributed by atoms with E-state index in [0.29, 0.717) is 24.0 Å². The zero-order chi connectivity index (χ0) is 12.4. The lowest BCUT2D eigenvalue weighted by Crippen LogP contribution is -2.24. The smallest absolute Gasteiger partial charge is 0.165 e. The number of aryl methyl sites for hydroxylation is 1. The summed E-state index contributed by atoms with van der Waals surface area (Å²) < 4.78 is 13.1.